The smallest absolute Gasteiger partial charge is 0.224 e. The molecule has 1 aromatic rings. The van der Waals surface area contributed by atoms with Crippen LogP contribution in [0.15, 0.2) is 24.3 Å². The van der Waals surface area contributed by atoms with Gasteiger partial charge in [0.2, 0.25) is 5.91 Å². The average Bonchev–Trinajstić information content (AvgIpc) is 3.25. The van der Waals surface area contributed by atoms with E-state index in [0.29, 0.717) is 12.3 Å². The Labute approximate surface area is 114 Å². The fourth-order valence-electron chi connectivity index (χ4n) is 2.94. The molecule has 0 saturated heterocycles. The standard InChI is InChI=1S/C16H22N2O/c17-15(14-5-6-14)11-16(19)18-9-7-12-3-1-2-4-13(12)8-10-18/h1-4,14-15H,5-11,17H2. The first-order valence-corrected chi connectivity index (χ1v) is 7.34. The van der Waals surface area contributed by atoms with Crippen LogP contribution in [0.1, 0.15) is 30.4 Å². The Kier molecular flexibility index (Phi) is 3.56. The zero-order chi connectivity index (χ0) is 13.2. The first-order valence-electron chi connectivity index (χ1n) is 7.34. The summed E-state index contributed by atoms with van der Waals surface area (Å²) in [4.78, 5) is 14.3. The maximum atomic E-state index is 12.3. The van der Waals surface area contributed by atoms with E-state index in [9.17, 15) is 4.79 Å². The number of nitrogens with zero attached hydrogens (tertiary/aromatic N) is 1. The van der Waals surface area contributed by atoms with E-state index in [1.54, 1.807) is 0 Å². The molecule has 2 aliphatic rings. The molecule has 0 spiro atoms. The lowest BCUT2D eigenvalue weighted by Crippen LogP contribution is -2.38. The molecule has 2 N–H and O–H groups in total. The predicted molar refractivity (Wildman–Crippen MR) is 75.7 cm³/mol. The highest BCUT2D eigenvalue weighted by Gasteiger charge is 2.31. The van der Waals surface area contributed by atoms with Crippen LogP contribution in [0.4, 0.5) is 0 Å². The molecule has 1 saturated carbocycles. The number of carbonyl (C=O) groups excluding carboxylic acids is 1. The van der Waals surface area contributed by atoms with Crippen LogP contribution in [0.5, 0.6) is 0 Å². The van der Waals surface area contributed by atoms with Crippen LogP contribution in [0.25, 0.3) is 0 Å². The molecule has 102 valence electrons. The molecule has 1 unspecified atom stereocenters. The molecule has 0 bridgehead atoms. The minimum Gasteiger partial charge on any atom is -0.342 e. The van der Waals surface area contributed by atoms with Crippen molar-refractivity contribution in [1.29, 1.82) is 0 Å². The predicted octanol–water partition coefficient (Wildman–Crippen LogP) is 1.74. The third kappa shape index (κ3) is 2.98. The second-order valence-corrected chi connectivity index (χ2v) is 5.85. The number of carbonyl (C=O) groups is 1. The molecule has 1 aromatic carbocycles. The third-order valence-electron chi connectivity index (χ3n) is 4.41. The molecule has 3 rings (SSSR count). The summed E-state index contributed by atoms with van der Waals surface area (Å²) in [5.74, 6) is 0.848. The molecular weight excluding hydrogens is 236 g/mol. The van der Waals surface area contributed by atoms with E-state index in [-0.39, 0.29) is 11.9 Å². The molecule has 1 amide bonds. The van der Waals surface area contributed by atoms with Gasteiger partial charge in [0.15, 0.2) is 0 Å². The topological polar surface area (TPSA) is 46.3 Å². The van der Waals surface area contributed by atoms with Crippen molar-refractivity contribution in [3.8, 4) is 0 Å². The van der Waals surface area contributed by atoms with Crippen molar-refractivity contribution in [3.05, 3.63) is 35.4 Å². The van der Waals surface area contributed by atoms with E-state index in [0.717, 1.165) is 25.9 Å². The van der Waals surface area contributed by atoms with Gasteiger partial charge < -0.3 is 10.6 Å². The number of benzene rings is 1. The van der Waals surface area contributed by atoms with Crippen LogP contribution in [0, 0.1) is 5.92 Å². The molecule has 0 aromatic heterocycles. The molecule has 19 heavy (non-hydrogen) atoms. The van der Waals surface area contributed by atoms with E-state index in [2.05, 4.69) is 24.3 Å². The monoisotopic (exact) mass is 258 g/mol. The lowest BCUT2D eigenvalue weighted by atomic mass is 10.0. The highest BCUT2D eigenvalue weighted by molar-refractivity contribution is 5.77. The van der Waals surface area contributed by atoms with E-state index >= 15 is 0 Å². The van der Waals surface area contributed by atoms with Crippen molar-refractivity contribution in [2.45, 2.75) is 38.1 Å². The Morgan fingerprint density at radius 3 is 2.32 bits per heavy atom. The summed E-state index contributed by atoms with van der Waals surface area (Å²) < 4.78 is 0. The fraction of sp³-hybridized carbons (Fsp3) is 0.562. The van der Waals surface area contributed by atoms with Gasteiger partial charge in [-0.25, -0.2) is 0 Å². The molecule has 1 fully saturated rings. The van der Waals surface area contributed by atoms with Crippen LogP contribution in [-0.4, -0.2) is 29.9 Å². The third-order valence-corrected chi connectivity index (χ3v) is 4.41. The summed E-state index contributed by atoms with van der Waals surface area (Å²) >= 11 is 0. The van der Waals surface area contributed by atoms with E-state index in [1.807, 2.05) is 4.90 Å². The first kappa shape index (κ1) is 12.7. The van der Waals surface area contributed by atoms with Gasteiger partial charge in [0, 0.05) is 25.6 Å². The van der Waals surface area contributed by atoms with Gasteiger partial charge in [0.25, 0.3) is 0 Å². The van der Waals surface area contributed by atoms with Gasteiger partial charge >= 0.3 is 0 Å². The number of hydrogen-bond donors (Lipinski definition) is 1. The van der Waals surface area contributed by atoms with Crippen LogP contribution >= 0.6 is 0 Å². The maximum Gasteiger partial charge on any atom is 0.224 e. The fourth-order valence-corrected chi connectivity index (χ4v) is 2.94. The zero-order valence-electron chi connectivity index (χ0n) is 11.3. The van der Waals surface area contributed by atoms with Crippen molar-refractivity contribution in [1.82, 2.24) is 4.90 Å². The van der Waals surface area contributed by atoms with Gasteiger partial charge in [0.05, 0.1) is 0 Å². The van der Waals surface area contributed by atoms with Crippen LogP contribution in [0.2, 0.25) is 0 Å². The summed E-state index contributed by atoms with van der Waals surface area (Å²) in [6.45, 7) is 1.68. The lowest BCUT2D eigenvalue weighted by Gasteiger charge is -2.22. The first-order chi connectivity index (χ1) is 9.24. The molecule has 1 aliphatic carbocycles. The Hall–Kier alpha value is -1.35. The van der Waals surface area contributed by atoms with Gasteiger partial charge in [-0.1, -0.05) is 24.3 Å². The van der Waals surface area contributed by atoms with Gasteiger partial charge in [-0.05, 0) is 42.7 Å². The van der Waals surface area contributed by atoms with Crippen molar-refractivity contribution in [2.75, 3.05) is 13.1 Å². The van der Waals surface area contributed by atoms with Crippen molar-refractivity contribution in [3.63, 3.8) is 0 Å². The number of hydrogen-bond acceptors (Lipinski definition) is 2. The summed E-state index contributed by atoms with van der Waals surface area (Å²) in [7, 11) is 0. The molecule has 3 heteroatoms. The Balaban J connectivity index is 1.60. The highest BCUT2D eigenvalue weighted by Crippen LogP contribution is 2.33. The van der Waals surface area contributed by atoms with Crippen LogP contribution < -0.4 is 5.73 Å². The normalized spacial score (nSPS) is 20.6. The quantitative estimate of drug-likeness (QED) is 0.897. The van der Waals surface area contributed by atoms with Crippen LogP contribution in [0.3, 0.4) is 0 Å². The summed E-state index contributed by atoms with van der Waals surface area (Å²) in [5.41, 5.74) is 8.85. The van der Waals surface area contributed by atoms with E-state index in [1.165, 1.54) is 24.0 Å². The number of fused-ring (bicyclic) bond motifs is 1. The van der Waals surface area contributed by atoms with Crippen molar-refractivity contribution >= 4 is 5.91 Å². The molecule has 1 atom stereocenters. The Morgan fingerprint density at radius 2 is 1.79 bits per heavy atom. The number of amides is 1. The SMILES string of the molecule is NC(CC(=O)N1CCc2ccccc2CC1)C1CC1. The Morgan fingerprint density at radius 1 is 1.21 bits per heavy atom. The minimum atomic E-state index is 0.0816. The second kappa shape index (κ2) is 5.33. The largest absolute Gasteiger partial charge is 0.342 e. The van der Waals surface area contributed by atoms with Gasteiger partial charge in [0.1, 0.15) is 0 Å². The van der Waals surface area contributed by atoms with Crippen molar-refractivity contribution in [2.24, 2.45) is 11.7 Å². The van der Waals surface area contributed by atoms with Crippen LogP contribution in [-0.2, 0) is 17.6 Å². The molecular formula is C16H22N2O. The van der Waals surface area contributed by atoms with E-state index in [4.69, 9.17) is 5.73 Å². The molecule has 3 nitrogen and oxygen atoms in total. The molecule has 1 heterocycles. The Bertz CT molecular complexity index is 441. The minimum absolute atomic E-state index is 0.0816. The highest BCUT2D eigenvalue weighted by atomic mass is 16.2. The second-order valence-electron chi connectivity index (χ2n) is 5.85. The molecule has 0 radical (unpaired) electrons. The lowest BCUT2D eigenvalue weighted by molar-refractivity contribution is -0.131. The average molecular weight is 258 g/mol. The summed E-state index contributed by atoms with van der Waals surface area (Å²) in [5, 5.41) is 0. The number of nitrogens with two attached hydrogens (primary N) is 1. The van der Waals surface area contributed by atoms with Gasteiger partial charge in [-0.2, -0.15) is 0 Å². The number of rotatable bonds is 3. The van der Waals surface area contributed by atoms with Gasteiger partial charge in [-0.15, -0.1) is 0 Å². The summed E-state index contributed by atoms with van der Waals surface area (Å²) in [6.07, 6.45) is 4.89. The summed E-state index contributed by atoms with van der Waals surface area (Å²) in [6, 6.07) is 8.61. The van der Waals surface area contributed by atoms with E-state index < -0.39 is 0 Å². The maximum absolute atomic E-state index is 12.3. The van der Waals surface area contributed by atoms with Crippen molar-refractivity contribution < 1.29 is 4.79 Å². The zero-order valence-corrected chi connectivity index (χ0v) is 11.3. The molecule has 1 aliphatic heterocycles. The van der Waals surface area contributed by atoms with Gasteiger partial charge in [-0.3, -0.25) is 4.79 Å².